The van der Waals surface area contributed by atoms with Crippen molar-refractivity contribution in [1.82, 2.24) is 5.32 Å². The van der Waals surface area contributed by atoms with E-state index in [1.54, 1.807) is 0 Å². The fraction of sp³-hybridized carbons (Fsp3) is 0.636. The van der Waals surface area contributed by atoms with Crippen LogP contribution in [0.15, 0.2) is 12.2 Å². The molecule has 0 atom stereocenters. The number of allylic oxidation sites excluding steroid dienone is 2. The molecule has 0 fully saturated rings. The van der Waals surface area contributed by atoms with Crippen molar-refractivity contribution in [3.63, 3.8) is 0 Å². The minimum Gasteiger partial charge on any atom is -0.439 e. The maximum Gasteiger partial charge on any atom is 0.407 e. The van der Waals surface area contributed by atoms with Gasteiger partial charge in [-0.3, -0.25) is 4.79 Å². The molecule has 0 heterocycles. The van der Waals surface area contributed by atoms with Crippen LogP contribution in [0.2, 0.25) is 0 Å². The van der Waals surface area contributed by atoms with Gasteiger partial charge >= 0.3 is 6.09 Å². The summed E-state index contributed by atoms with van der Waals surface area (Å²) in [6.45, 7) is 2.27. The van der Waals surface area contributed by atoms with Gasteiger partial charge in [0, 0.05) is 6.54 Å². The number of nitrogens with two attached hydrogens (primary N) is 1. The van der Waals surface area contributed by atoms with Crippen LogP contribution >= 0.6 is 0 Å². The molecule has 16 heavy (non-hydrogen) atoms. The zero-order valence-electron chi connectivity index (χ0n) is 9.70. The molecule has 2 amide bonds. The molecule has 0 aromatic heterocycles. The molecule has 5 nitrogen and oxygen atoms in total. The lowest BCUT2D eigenvalue weighted by Crippen LogP contribution is -2.29. The van der Waals surface area contributed by atoms with E-state index in [4.69, 9.17) is 5.73 Å². The Labute approximate surface area is 96.0 Å². The smallest absolute Gasteiger partial charge is 0.407 e. The number of carbonyl (C=O) groups excluding carboxylic acids is 2. The maximum absolute atomic E-state index is 10.9. The highest BCUT2D eigenvalue weighted by molar-refractivity contribution is 5.78. The van der Waals surface area contributed by atoms with Crippen molar-refractivity contribution in [2.24, 2.45) is 5.73 Å². The molecule has 0 aromatic rings. The third kappa shape index (κ3) is 10.6. The van der Waals surface area contributed by atoms with Crippen LogP contribution in [-0.2, 0) is 9.53 Å². The SMILES string of the molecule is CC/C=C\CCCCNC(=O)OCC(N)=O. The number of ether oxygens (including phenoxy) is 1. The van der Waals surface area contributed by atoms with Gasteiger partial charge in [-0.15, -0.1) is 0 Å². The number of nitrogens with one attached hydrogen (secondary N) is 1. The summed E-state index contributed by atoms with van der Waals surface area (Å²) in [5.74, 6) is -0.653. The van der Waals surface area contributed by atoms with E-state index in [9.17, 15) is 9.59 Å². The molecular formula is C11H20N2O3. The lowest BCUT2D eigenvalue weighted by Gasteiger charge is -2.04. The number of rotatable bonds is 8. The number of unbranched alkanes of at least 4 members (excludes halogenated alkanes) is 2. The van der Waals surface area contributed by atoms with E-state index in [1.807, 2.05) is 0 Å². The molecule has 5 heteroatoms. The predicted molar refractivity (Wildman–Crippen MR) is 61.8 cm³/mol. The summed E-state index contributed by atoms with van der Waals surface area (Å²) in [5, 5.41) is 2.54. The summed E-state index contributed by atoms with van der Waals surface area (Å²) in [6, 6.07) is 0. The second-order valence-electron chi connectivity index (χ2n) is 3.34. The molecule has 0 saturated heterocycles. The van der Waals surface area contributed by atoms with E-state index in [2.05, 4.69) is 29.1 Å². The minimum atomic E-state index is -0.653. The van der Waals surface area contributed by atoms with Crippen molar-refractivity contribution in [2.45, 2.75) is 32.6 Å². The highest BCUT2D eigenvalue weighted by Crippen LogP contribution is 1.96. The average molecular weight is 228 g/mol. The van der Waals surface area contributed by atoms with Crippen LogP contribution in [0, 0.1) is 0 Å². The van der Waals surface area contributed by atoms with Gasteiger partial charge in [0.2, 0.25) is 0 Å². The molecule has 0 aliphatic heterocycles. The molecule has 0 rings (SSSR count). The normalized spacial score (nSPS) is 10.3. The van der Waals surface area contributed by atoms with E-state index < -0.39 is 12.0 Å². The van der Waals surface area contributed by atoms with Crippen molar-refractivity contribution in [3.8, 4) is 0 Å². The van der Waals surface area contributed by atoms with Crippen molar-refractivity contribution in [3.05, 3.63) is 12.2 Å². The van der Waals surface area contributed by atoms with Crippen LogP contribution in [0.1, 0.15) is 32.6 Å². The quantitative estimate of drug-likeness (QED) is 0.486. The van der Waals surface area contributed by atoms with Gasteiger partial charge in [-0.25, -0.2) is 4.79 Å². The Morgan fingerprint density at radius 1 is 1.31 bits per heavy atom. The van der Waals surface area contributed by atoms with Gasteiger partial charge in [0.05, 0.1) is 0 Å². The number of primary amides is 1. The molecule has 0 aliphatic rings. The molecule has 0 aliphatic carbocycles. The van der Waals surface area contributed by atoms with E-state index >= 15 is 0 Å². The molecule has 0 radical (unpaired) electrons. The highest BCUT2D eigenvalue weighted by Gasteiger charge is 2.02. The van der Waals surface area contributed by atoms with E-state index in [0.29, 0.717) is 6.54 Å². The third-order valence-corrected chi connectivity index (χ3v) is 1.81. The largest absolute Gasteiger partial charge is 0.439 e. The van der Waals surface area contributed by atoms with E-state index in [0.717, 1.165) is 25.7 Å². The predicted octanol–water partition coefficient (Wildman–Crippen LogP) is 1.33. The van der Waals surface area contributed by atoms with Crippen molar-refractivity contribution in [1.29, 1.82) is 0 Å². The number of hydrogen-bond donors (Lipinski definition) is 2. The monoisotopic (exact) mass is 228 g/mol. The first-order valence-electron chi connectivity index (χ1n) is 5.50. The topological polar surface area (TPSA) is 81.4 Å². The zero-order chi connectivity index (χ0) is 12.2. The first-order valence-corrected chi connectivity index (χ1v) is 5.50. The standard InChI is InChI=1S/C11H20N2O3/c1-2-3-4-5-6-7-8-13-11(15)16-9-10(12)14/h3-4H,2,5-9H2,1H3,(H2,12,14)(H,13,15)/b4-3-. The van der Waals surface area contributed by atoms with Crippen LogP contribution in [0.3, 0.4) is 0 Å². The fourth-order valence-corrected chi connectivity index (χ4v) is 1.05. The molecule has 0 unspecified atom stereocenters. The van der Waals surface area contributed by atoms with Crippen molar-refractivity contribution in [2.75, 3.05) is 13.2 Å². The molecular weight excluding hydrogens is 208 g/mol. The lowest BCUT2D eigenvalue weighted by molar-refractivity contribution is -0.120. The van der Waals surface area contributed by atoms with E-state index in [-0.39, 0.29) is 6.61 Å². The number of carbonyl (C=O) groups is 2. The van der Waals surface area contributed by atoms with Gasteiger partial charge < -0.3 is 15.8 Å². The lowest BCUT2D eigenvalue weighted by atomic mass is 10.2. The van der Waals surface area contributed by atoms with Crippen LogP contribution in [-0.4, -0.2) is 25.2 Å². The fourth-order valence-electron chi connectivity index (χ4n) is 1.05. The summed E-state index contributed by atoms with van der Waals surface area (Å²) in [7, 11) is 0. The highest BCUT2D eigenvalue weighted by atomic mass is 16.6. The number of hydrogen-bond acceptors (Lipinski definition) is 3. The Kier molecular flexibility index (Phi) is 9.06. The second kappa shape index (κ2) is 10.0. The van der Waals surface area contributed by atoms with Gasteiger partial charge in [0.1, 0.15) is 0 Å². The Bertz CT molecular complexity index is 239. The Hall–Kier alpha value is -1.52. The zero-order valence-corrected chi connectivity index (χ0v) is 9.70. The minimum absolute atomic E-state index is 0.370. The van der Waals surface area contributed by atoms with E-state index in [1.165, 1.54) is 0 Å². The first-order chi connectivity index (χ1) is 7.66. The molecule has 0 spiro atoms. The second-order valence-corrected chi connectivity index (χ2v) is 3.34. The van der Waals surface area contributed by atoms with Gasteiger partial charge in [0.25, 0.3) is 5.91 Å². The summed E-state index contributed by atoms with van der Waals surface area (Å²) < 4.78 is 4.51. The Balaban J connectivity index is 3.27. The Morgan fingerprint density at radius 2 is 2.06 bits per heavy atom. The molecule has 0 bridgehead atoms. The van der Waals surface area contributed by atoms with Gasteiger partial charge in [-0.1, -0.05) is 19.1 Å². The van der Waals surface area contributed by atoms with Gasteiger partial charge in [-0.2, -0.15) is 0 Å². The van der Waals surface area contributed by atoms with Crippen molar-refractivity contribution >= 4 is 12.0 Å². The van der Waals surface area contributed by atoms with Crippen molar-refractivity contribution < 1.29 is 14.3 Å². The average Bonchev–Trinajstić information content (AvgIpc) is 2.25. The summed E-state index contributed by atoms with van der Waals surface area (Å²) in [5.41, 5.74) is 4.81. The van der Waals surface area contributed by atoms with Crippen LogP contribution in [0.5, 0.6) is 0 Å². The summed E-state index contributed by atoms with van der Waals surface area (Å²) in [6.07, 6.45) is 7.64. The third-order valence-electron chi connectivity index (χ3n) is 1.81. The molecule has 0 aromatic carbocycles. The maximum atomic E-state index is 10.9. The van der Waals surface area contributed by atoms with Crippen LogP contribution in [0.25, 0.3) is 0 Å². The van der Waals surface area contributed by atoms with Crippen LogP contribution in [0.4, 0.5) is 4.79 Å². The Morgan fingerprint density at radius 3 is 2.69 bits per heavy atom. The summed E-state index contributed by atoms with van der Waals surface area (Å²) in [4.78, 5) is 21.2. The van der Waals surface area contributed by atoms with Gasteiger partial charge in [-0.05, 0) is 25.7 Å². The number of alkyl carbamates (subject to hydrolysis) is 1. The van der Waals surface area contributed by atoms with Gasteiger partial charge in [0.15, 0.2) is 6.61 Å². The molecule has 3 N–H and O–H groups in total. The molecule has 0 saturated carbocycles. The summed E-state index contributed by atoms with van der Waals surface area (Å²) >= 11 is 0. The van der Waals surface area contributed by atoms with Crippen LogP contribution < -0.4 is 11.1 Å². The first kappa shape index (κ1) is 14.5. The molecule has 92 valence electrons. The number of amides is 2.